The summed E-state index contributed by atoms with van der Waals surface area (Å²) in [5, 5.41) is 3.21. The topological polar surface area (TPSA) is 29.1 Å². The zero-order valence-corrected chi connectivity index (χ0v) is 10.3. The van der Waals surface area contributed by atoms with E-state index in [1.54, 1.807) is 12.2 Å². The van der Waals surface area contributed by atoms with Gasteiger partial charge in [-0.1, -0.05) is 31.7 Å². The van der Waals surface area contributed by atoms with Crippen LogP contribution in [0.2, 0.25) is 0 Å². The van der Waals surface area contributed by atoms with Gasteiger partial charge in [0.05, 0.1) is 0 Å². The monoisotopic (exact) mass is 219 g/mol. The van der Waals surface area contributed by atoms with Crippen LogP contribution in [0.25, 0.3) is 0 Å². The molecule has 16 heavy (non-hydrogen) atoms. The number of likely N-dealkylation sites (N-methyl/N-ethyl adjacent to an activating group) is 1. The Bertz CT molecular complexity index is 341. The van der Waals surface area contributed by atoms with Crippen LogP contribution < -0.4 is 5.32 Å². The zero-order chi connectivity index (χ0) is 12.2. The molecule has 1 aliphatic carbocycles. The normalized spacial score (nSPS) is 27.2. The molecule has 0 aromatic carbocycles. The number of allylic oxidation sites excluding steroid dienone is 2. The smallest absolute Gasteiger partial charge is 0.157 e. The Morgan fingerprint density at radius 1 is 1.38 bits per heavy atom. The van der Waals surface area contributed by atoms with E-state index in [-0.39, 0.29) is 5.78 Å². The summed E-state index contributed by atoms with van der Waals surface area (Å²) in [4.78, 5) is 12.2. The van der Waals surface area contributed by atoms with Crippen LogP contribution in [-0.4, -0.2) is 18.4 Å². The van der Waals surface area contributed by atoms with Crippen LogP contribution in [0.4, 0.5) is 0 Å². The third-order valence-electron chi connectivity index (χ3n) is 3.50. The van der Waals surface area contributed by atoms with Crippen molar-refractivity contribution in [2.45, 2.75) is 38.1 Å². The fourth-order valence-electron chi connectivity index (χ4n) is 2.49. The summed E-state index contributed by atoms with van der Waals surface area (Å²) in [6.07, 6.45) is 7.17. The molecule has 0 saturated heterocycles. The maximum atomic E-state index is 12.2. The van der Waals surface area contributed by atoms with Crippen molar-refractivity contribution in [1.82, 2.24) is 5.32 Å². The van der Waals surface area contributed by atoms with Crippen LogP contribution in [0.5, 0.6) is 0 Å². The van der Waals surface area contributed by atoms with Crippen LogP contribution in [0.15, 0.2) is 36.5 Å². The molecule has 0 aromatic heterocycles. The third kappa shape index (κ3) is 2.03. The average molecular weight is 219 g/mol. The number of ketones is 1. The summed E-state index contributed by atoms with van der Waals surface area (Å²) in [6.45, 7) is 9.58. The van der Waals surface area contributed by atoms with E-state index in [1.807, 2.05) is 14.0 Å². The predicted molar refractivity (Wildman–Crippen MR) is 68.4 cm³/mol. The molecule has 0 radical (unpaired) electrons. The lowest BCUT2D eigenvalue weighted by molar-refractivity contribution is -0.125. The molecule has 0 spiro atoms. The van der Waals surface area contributed by atoms with Crippen molar-refractivity contribution in [3.8, 4) is 0 Å². The largest absolute Gasteiger partial charge is 0.304 e. The number of Topliss-reactive ketones (excluding diaryl/α,β-unsaturated/α-hetero) is 1. The van der Waals surface area contributed by atoms with Gasteiger partial charge >= 0.3 is 0 Å². The van der Waals surface area contributed by atoms with Gasteiger partial charge in [0.2, 0.25) is 0 Å². The number of carbonyl (C=O) groups excluding carboxylic acids is 1. The maximum absolute atomic E-state index is 12.2. The van der Waals surface area contributed by atoms with Crippen LogP contribution >= 0.6 is 0 Å². The first-order valence-corrected chi connectivity index (χ1v) is 5.81. The summed E-state index contributed by atoms with van der Waals surface area (Å²) in [7, 11) is 1.85. The molecule has 0 bridgehead atoms. The van der Waals surface area contributed by atoms with Crippen molar-refractivity contribution in [3.05, 3.63) is 36.5 Å². The molecule has 1 saturated carbocycles. The van der Waals surface area contributed by atoms with Gasteiger partial charge in [-0.2, -0.15) is 0 Å². The SMILES string of the molecule is C=C/C(C)=C(\C=C)C1(NC)CCCCC1=O. The van der Waals surface area contributed by atoms with Crippen molar-refractivity contribution < 1.29 is 4.79 Å². The van der Waals surface area contributed by atoms with Gasteiger partial charge in [-0.05, 0) is 38.0 Å². The number of rotatable bonds is 4. The number of hydrogen-bond donors (Lipinski definition) is 1. The summed E-state index contributed by atoms with van der Waals surface area (Å²) in [6, 6.07) is 0. The highest BCUT2D eigenvalue weighted by atomic mass is 16.1. The second-order valence-electron chi connectivity index (χ2n) is 4.29. The Labute approximate surface area is 98.1 Å². The minimum absolute atomic E-state index is 0.275. The summed E-state index contributed by atoms with van der Waals surface area (Å²) in [5.41, 5.74) is 1.48. The number of carbonyl (C=O) groups is 1. The lowest BCUT2D eigenvalue weighted by Gasteiger charge is -2.37. The average Bonchev–Trinajstić information content (AvgIpc) is 2.32. The maximum Gasteiger partial charge on any atom is 0.157 e. The molecule has 88 valence electrons. The minimum atomic E-state index is -0.529. The molecular formula is C14H21NO. The van der Waals surface area contributed by atoms with Gasteiger partial charge in [-0.3, -0.25) is 4.79 Å². The van der Waals surface area contributed by atoms with Crippen LogP contribution in [0.3, 0.4) is 0 Å². The molecule has 0 heterocycles. The molecular weight excluding hydrogens is 198 g/mol. The van der Waals surface area contributed by atoms with Crippen molar-refractivity contribution in [1.29, 1.82) is 0 Å². The van der Waals surface area contributed by atoms with Crippen molar-refractivity contribution in [2.24, 2.45) is 0 Å². The van der Waals surface area contributed by atoms with Crippen molar-refractivity contribution in [3.63, 3.8) is 0 Å². The summed E-state index contributed by atoms with van der Waals surface area (Å²) in [5.74, 6) is 0.275. The fraction of sp³-hybridized carbons (Fsp3) is 0.500. The minimum Gasteiger partial charge on any atom is -0.304 e. The standard InChI is InChI=1S/C14H21NO/c1-5-11(3)12(6-2)14(15-4)10-8-7-9-13(14)16/h5-6,15H,1-2,7-10H2,3-4H3/b12-11+. The Morgan fingerprint density at radius 3 is 2.50 bits per heavy atom. The highest BCUT2D eigenvalue weighted by molar-refractivity contribution is 5.93. The van der Waals surface area contributed by atoms with Gasteiger partial charge < -0.3 is 5.32 Å². The molecule has 1 atom stereocenters. The van der Waals surface area contributed by atoms with Crippen LogP contribution in [-0.2, 0) is 4.79 Å². The number of nitrogens with one attached hydrogen (secondary N) is 1. The Morgan fingerprint density at radius 2 is 2.06 bits per heavy atom. The predicted octanol–water partition coefficient (Wildman–Crippen LogP) is 2.78. The second-order valence-corrected chi connectivity index (χ2v) is 4.29. The van der Waals surface area contributed by atoms with Crippen molar-refractivity contribution >= 4 is 5.78 Å². The molecule has 1 rings (SSSR count). The molecule has 0 aromatic rings. The summed E-state index contributed by atoms with van der Waals surface area (Å²) >= 11 is 0. The highest BCUT2D eigenvalue weighted by Gasteiger charge is 2.40. The first-order valence-electron chi connectivity index (χ1n) is 5.81. The molecule has 0 aliphatic heterocycles. The summed E-state index contributed by atoms with van der Waals surface area (Å²) < 4.78 is 0. The van der Waals surface area contributed by atoms with Gasteiger partial charge in [-0.15, -0.1) is 0 Å². The van der Waals surface area contributed by atoms with E-state index < -0.39 is 5.54 Å². The molecule has 0 amide bonds. The lowest BCUT2D eigenvalue weighted by atomic mass is 9.73. The van der Waals surface area contributed by atoms with E-state index in [0.717, 1.165) is 30.4 Å². The zero-order valence-electron chi connectivity index (χ0n) is 10.3. The fourth-order valence-corrected chi connectivity index (χ4v) is 2.49. The molecule has 1 unspecified atom stereocenters. The van der Waals surface area contributed by atoms with Crippen LogP contribution in [0.1, 0.15) is 32.6 Å². The first kappa shape index (κ1) is 12.9. The Balaban J connectivity index is 3.25. The molecule has 2 heteroatoms. The van der Waals surface area contributed by atoms with Gasteiger partial charge in [0, 0.05) is 6.42 Å². The molecule has 2 nitrogen and oxygen atoms in total. The quantitative estimate of drug-likeness (QED) is 0.737. The molecule has 1 fully saturated rings. The van der Waals surface area contributed by atoms with Gasteiger partial charge in [0.1, 0.15) is 5.54 Å². The van der Waals surface area contributed by atoms with Gasteiger partial charge in [-0.25, -0.2) is 0 Å². The van der Waals surface area contributed by atoms with Gasteiger partial charge in [0.25, 0.3) is 0 Å². The Kier molecular flexibility index (Phi) is 4.25. The first-order chi connectivity index (χ1) is 7.62. The van der Waals surface area contributed by atoms with E-state index in [9.17, 15) is 4.79 Å². The highest BCUT2D eigenvalue weighted by Crippen LogP contribution is 2.33. The van der Waals surface area contributed by atoms with E-state index in [0.29, 0.717) is 6.42 Å². The molecule has 1 N–H and O–H groups in total. The number of hydrogen-bond acceptors (Lipinski definition) is 2. The van der Waals surface area contributed by atoms with Crippen LogP contribution in [0, 0.1) is 0 Å². The van der Waals surface area contributed by atoms with Gasteiger partial charge in [0.15, 0.2) is 5.78 Å². The third-order valence-corrected chi connectivity index (χ3v) is 3.50. The van der Waals surface area contributed by atoms with E-state index in [2.05, 4.69) is 18.5 Å². The lowest BCUT2D eigenvalue weighted by Crippen LogP contribution is -2.53. The second kappa shape index (κ2) is 5.26. The van der Waals surface area contributed by atoms with E-state index in [4.69, 9.17) is 0 Å². The molecule has 1 aliphatic rings. The Hall–Kier alpha value is -1.15. The van der Waals surface area contributed by atoms with Crippen molar-refractivity contribution in [2.75, 3.05) is 7.05 Å². The van der Waals surface area contributed by atoms with E-state index >= 15 is 0 Å². The van der Waals surface area contributed by atoms with E-state index in [1.165, 1.54) is 0 Å².